The third-order valence-corrected chi connectivity index (χ3v) is 3.67. The van der Waals surface area contributed by atoms with Crippen LogP contribution in [0.1, 0.15) is 43.9 Å². The van der Waals surface area contributed by atoms with Crippen molar-refractivity contribution >= 4 is 6.09 Å². The average Bonchev–Trinajstić information content (AvgIpc) is 2.74. The molecule has 1 unspecified atom stereocenters. The third-order valence-electron chi connectivity index (χ3n) is 3.67. The second-order valence-electron chi connectivity index (χ2n) is 7.01. The van der Waals surface area contributed by atoms with E-state index in [4.69, 9.17) is 4.74 Å². The van der Waals surface area contributed by atoms with Crippen LogP contribution in [0.4, 0.5) is 4.79 Å². The lowest BCUT2D eigenvalue weighted by Gasteiger charge is -2.32. The van der Waals surface area contributed by atoms with Crippen LogP contribution in [0, 0.1) is 13.8 Å². The quantitative estimate of drug-likeness (QED) is 0.880. The zero-order valence-corrected chi connectivity index (χ0v) is 13.7. The van der Waals surface area contributed by atoms with Crippen LogP contribution in [-0.4, -0.2) is 24.8 Å². The van der Waals surface area contributed by atoms with Gasteiger partial charge in [-0.25, -0.2) is 4.79 Å². The van der Waals surface area contributed by atoms with Crippen molar-refractivity contribution in [2.75, 3.05) is 13.1 Å². The highest BCUT2D eigenvalue weighted by atomic mass is 16.6. The molecule has 1 aromatic rings. The van der Waals surface area contributed by atoms with Gasteiger partial charge in [0.25, 0.3) is 0 Å². The van der Waals surface area contributed by atoms with E-state index in [1.54, 1.807) is 0 Å². The molecule has 1 aromatic carbocycles. The van der Waals surface area contributed by atoms with E-state index in [0.717, 1.165) is 25.1 Å². The normalized spacial score (nSPS) is 22.1. The Kier molecular flexibility index (Phi) is 4.28. The third kappa shape index (κ3) is 3.97. The maximum Gasteiger partial charge on any atom is 0.408 e. The molecule has 0 saturated carbocycles. The van der Waals surface area contributed by atoms with Gasteiger partial charge in [-0.2, -0.15) is 0 Å². The van der Waals surface area contributed by atoms with Crippen LogP contribution in [0.15, 0.2) is 18.2 Å². The molecule has 0 aliphatic carbocycles. The predicted octanol–water partition coefficient (Wildman–Crippen LogP) is 3.02. The Morgan fingerprint density at radius 1 is 1.24 bits per heavy atom. The number of hydrogen-bond acceptors (Lipinski definition) is 3. The van der Waals surface area contributed by atoms with Gasteiger partial charge in [0.05, 0.1) is 5.54 Å². The first-order chi connectivity index (χ1) is 9.70. The lowest BCUT2D eigenvalue weighted by Crippen LogP contribution is -2.49. The maximum absolute atomic E-state index is 12.2. The van der Waals surface area contributed by atoms with Crippen LogP contribution in [0.3, 0.4) is 0 Å². The minimum atomic E-state index is -0.486. The summed E-state index contributed by atoms with van der Waals surface area (Å²) in [5.74, 6) is 0. The smallest absolute Gasteiger partial charge is 0.408 e. The van der Waals surface area contributed by atoms with Crippen molar-refractivity contribution in [2.45, 2.75) is 52.2 Å². The molecule has 1 amide bonds. The van der Waals surface area contributed by atoms with E-state index in [1.807, 2.05) is 20.8 Å². The molecule has 1 aliphatic rings. The van der Waals surface area contributed by atoms with Crippen molar-refractivity contribution in [3.8, 4) is 0 Å². The monoisotopic (exact) mass is 290 g/mol. The van der Waals surface area contributed by atoms with Crippen LogP contribution in [0.5, 0.6) is 0 Å². The van der Waals surface area contributed by atoms with E-state index in [9.17, 15) is 4.79 Å². The van der Waals surface area contributed by atoms with Gasteiger partial charge in [0, 0.05) is 6.54 Å². The Bertz CT molecular complexity index is 506. The van der Waals surface area contributed by atoms with Gasteiger partial charge in [0.15, 0.2) is 0 Å². The predicted molar refractivity (Wildman–Crippen MR) is 84.5 cm³/mol. The average molecular weight is 290 g/mol. The second kappa shape index (κ2) is 5.68. The highest BCUT2D eigenvalue weighted by Gasteiger charge is 2.38. The van der Waals surface area contributed by atoms with E-state index in [0.29, 0.717) is 0 Å². The number of benzene rings is 1. The Labute approximate surface area is 127 Å². The van der Waals surface area contributed by atoms with Crippen molar-refractivity contribution in [3.63, 3.8) is 0 Å². The minimum absolute atomic E-state index is 0.356. The molecule has 21 heavy (non-hydrogen) atoms. The summed E-state index contributed by atoms with van der Waals surface area (Å²) in [6.07, 6.45) is 0.514. The van der Waals surface area contributed by atoms with Gasteiger partial charge < -0.3 is 15.4 Å². The molecule has 2 N–H and O–H groups in total. The van der Waals surface area contributed by atoms with Gasteiger partial charge in [-0.15, -0.1) is 0 Å². The van der Waals surface area contributed by atoms with Gasteiger partial charge >= 0.3 is 6.09 Å². The highest BCUT2D eigenvalue weighted by molar-refractivity contribution is 5.69. The number of carbonyl (C=O) groups excluding carboxylic acids is 1. The number of hydrogen-bond donors (Lipinski definition) is 2. The van der Waals surface area contributed by atoms with Gasteiger partial charge in [-0.3, -0.25) is 0 Å². The number of ether oxygens (including phenoxy) is 1. The van der Waals surface area contributed by atoms with Crippen molar-refractivity contribution in [3.05, 3.63) is 34.9 Å². The minimum Gasteiger partial charge on any atom is -0.444 e. The lowest BCUT2D eigenvalue weighted by atomic mass is 9.87. The number of carbonyl (C=O) groups is 1. The zero-order valence-electron chi connectivity index (χ0n) is 13.7. The van der Waals surface area contributed by atoms with Crippen LogP contribution >= 0.6 is 0 Å². The zero-order chi connectivity index (χ0) is 15.7. The van der Waals surface area contributed by atoms with Crippen LogP contribution in [0.25, 0.3) is 0 Å². The number of nitrogens with one attached hydrogen (secondary N) is 2. The molecule has 0 radical (unpaired) electrons. The van der Waals surface area contributed by atoms with E-state index >= 15 is 0 Å². The first-order valence-electron chi connectivity index (χ1n) is 7.51. The summed E-state index contributed by atoms with van der Waals surface area (Å²) in [7, 11) is 0. The molecule has 1 atom stereocenters. The molecule has 2 rings (SSSR count). The fraction of sp³-hybridized carbons (Fsp3) is 0.588. The lowest BCUT2D eigenvalue weighted by molar-refractivity contribution is 0.0461. The molecule has 4 nitrogen and oxygen atoms in total. The number of aryl methyl sites for hydroxylation is 2. The summed E-state index contributed by atoms with van der Waals surface area (Å²) in [4.78, 5) is 12.2. The topological polar surface area (TPSA) is 50.4 Å². The van der Waals surface area contributed by atoms with Crippen molar-refractivity contribution in [1.82, 2.24) is 10.6 Å². The standard InChI is InChI=1S/C17H26N2O2/c1-12-8-13(2)10-14(9-12)17(6-7-18-11-17)19-15(20)21-16(3,4)5/h8-10,18H,6-7,11H2,1-5H3,(H,19,20). The largest absolute Gasteiger partial charge is 0.444 e. The van der Waals surface area contributed by atoms with Crippen molar-refractivity contribution in [2.24, 2.45) is 0 Å². The Morgan fingerprint density at radius 2 is 1.86 bits per heavy atom. The summed E-state index contributed by atoms with van der Waals surface area (Å²) in [6, 6.07) is 6.45. The Balaban J connectivity index is 2.26. The van der Waals surface area contributed by atoms with E-state index in [1.165, 1.54) is 11.1 Å². The highest BCUT2D eigenvalue weighted by Crippen LogP contribution is 2.30. The second-order valence-corrected chi connectivity index (χ2v) is 7.01. The molecule has 1 fully saturated rings. The number of alkyl carbamates (subject to hydrolysis) is 1. The molecule has 1 saturated heterocycles. The first kappa shape index (κ1) is 15.8. The van der Waals surface area contributed by atoms with Crippen LogP contribution in [0.2, 0.25) is 0 Å². The van der Waals surface area contributed by atoms with Crippen LogP contribution in [-0.2, 0) is 10.3 Å². The fourth-order valence-electron chi connectivity index (χ4n) is 2.87. The first-order valence-corrected chi connectivity index (χ1v) is 7.51. The van der Waals surface area contributed by atoms with Crippen molar-refractivity contribution in [1.29, 1.82) is 0 Å². The number of amides is 1. The SMILES string of the molecule is Cc1cc(C)cc(C2(NC(=O)OC(C)(C)C)CCNC2)c1. The van der Waals surface area contributed by atoms with E-state index in [2.05, 4.69) is 42.7 Å². The van der Waals surface area contributed by atoms with E-state index < -0.39 is 5.60 Å². The van der Waals surface area contributed by atoms with Gasteiger partial charge in [0.1, 0.15) is 5.60 Å². The Morgan fingerprint density at radius 3 is 2.33 bits per heavy atom. The summed E-state index contributed by atoms with van der Waals surface area (Å²) in [6.45, 7) is 11.4. The van der Waals surface area contributed by atoms with Crippen molar-refractivity contribution < 1.29 is 9.53 Å². The van der Waals surface area contributed by atoms with Gasteiger partial charge in [-0.1, -0.05) is 29.3 Å². The summed E-state index contributed by atoms with van der Waals surface area (Å²) >= 11 is 0. The molecule has 116 valence electrons. The van der Waals surface area contributed by atoms with E-state index in [-0.39, 0.29) is 11.6 Å². The van der Waals surface area contributed by atoms with Gasteiger partial charge in [-0.05, 0) is 53.1 Å². The molecular weight excluding hydrogens is 264 g/mol. The van der Waals surface area contributed by atoms with Crippen LogP contribution < -0.4 is 10.6 Å². The molecule has 0 aromatic heterocycles. The summed E-state index contributed by atoms with van der Waals surface area (Å²) in [5, 5.41) is 6.44. The Hall–Kier alpha value is -1.55. The fourth-order valence-corrected chi connectivity index (χ4v) is 2.87. The molecule has 1 heterocycles. The number of rotatable bonds is 2. The van der Waals surface area contributed by atoms with Gasteiger partial charge in [0.2, 0.25) is 0 Å². The summed E-state index contributed by atoms with van der Waals surface area (Å²) < 4.78 is 5.43. The molecule has 4 heteroatoms. The molecule has 0 bridgehead atoms. The molecule has 0 spiro atoms. The molecular formula is C17H26N2O2. The molecule has 1 aliphatic heterocycles. The maximum atomic E-state index is 12.2. The summed E-state index contributed by atoms with van der Waals surface area (Å²) in [5.41, 5.74) is 2.71.